The van der Waals surface area contributed by atoms with Crippen LogP contribution < -0.4 is 10.5 Å². The summed E-state index contributed by atoms with van der Waals surface area (Å²) in [6.45, 7) is 5.01. The number of hydrogen-bond acceptors (Lipinski definition) is 5. The van der Waals surface area contributed by atoms with E-state index < -0.39 is 32.5 Å². The third-order valence-corrected chi connectivity index (χ3v) is 8.82. The number of nitrogens with one attached hydrogen (secondary N) is 1. The minimum Gasteiger partial charge on any atom is -0.351 e. The monoisotopic (exact) mass is 549 g/mol. The van der Waals surface area contributed by atoms with E-state index in [4.69, 9.17) is 16.7 Å². The first-order chi connectivity index (χ1) is 16.8. The number of sulfonamides is 2. The summed E-state index contributed by atoms with van der Waals surface area (Å²) in [5.74, 6) is -0.509. The summed E-state index contributed by atoms with van der Waals surface area (Å²) < 4.78 is 51.5. The minimum atomic E-state index is -4.03. The summed E-state index contributed by atoms with van der Waals surface area (Å²) in [6, 6.07) is 16.1. The highest BCUT2D eigenvalue weighted by Gasteiger charge is 2.30. The Hall–Kier alpha value is -2.76. The van der Waals surface area contributed by atoms with Crippen molar-refractivity contribution in [3.8, 4) is 0 Å². The molecule has 192 valence electrons. The second-order valence-electron chi connectivity index (χ2n) is 8.59. The molecule has 11 heteroatoms. The van der Waals surface area contributed by atoms with Gasteiger partial charge in [0.2, 0.25) is 26.0 Å². The van der Waals surface area contributed by atoms with Gasteiger partial charge in [-0.15, -0.1) is 0 Å². The maximum Gasteiger partial charge on any atom is 0.244 e. The summed E-state index contributed by atoms with van der Waals surface area (Å²) in [7, 11) is -7.85. The second kappa shape index (κ2) is 11.1. The van der Waals surface area contributed by atoms with E-state index in [1.54, 1.807) is 50.2 Å². The molecule has 36 heavy (non-hydrogen) atoms. The number of halogens is 1. The van der Waals surface area contributed by atoms with Crippen LogP contribution in [0.5, 0.6) is 0 Å². The van der Waals surface area contributed by atoms with Crippen LogP contribution in [0, 0.1) is 20.8 Å². The lowest BCUT2D eigenvalue weighted by atomic mass is 10.1. The van der Waals surface area contributed by atoms with E-state index in [1.165, 1.54) is 24.3 Å². The third kappa shape index (κ3) is 6.92. The fraction of sp³-hybridized carbons (Fsp3) is 0.240. The summed E-state index contributed by atoms with van der Waals surface area (Å²) in [5.41, 5.74) is 3.46. The average Bonchev–Trinajstić information content (AvgIpc) is 2.77. The van der Waals surface area contributed by atoms with E-state index in [0.717, 1.165) is 9.87 Å². The molecule has 3 aromatic carbocycles. The fourth-order valence-corrected chi connectivity index (χ4v) is 6.37. The van der Waals surface area contributed by atoms with Crippen molar-refractivity contribution in [3.05, 3.63) is 93.5 Å². The topological polar surface area (TPSA) is 127 Å². The van der Waals surface area contributed by atoms with Crippen molar-refractivity contribution in [3.63, 3.8) is 0 Å². The highest BCUT2D eigenvalue weighted by Crippen LogP contribution is 2.26. The van der Waals surface area contributed by atoms with Gasteiger partial charge in [-0.25, -0.2) is 22.0 Å². The Morgan fingerprint density at radius 2 is 1.42 bits per heavy atom. The van der Waals surface area contributed by atoms with Crippen LogP contribution >= 0.6 is 11.6 Å². The number of carbonyl (C=O) groups is 1. The predicted molar refractivity (Wildman–Crippen MR) is 139 cm³/mol. The predicted octanol–water partition coefficient (Wildman–Crippen LogP) is 3.42. The van der Waals surface area contributed by atoms with E-state index in [0.29, 0.717) is 27.3 Å². The zero-order chi connectivity index (χ0) is 26.7. The van der Waals surface area contributed by atoms with Crippen LogP contribution in [0.2, 0.25) is 5.02 Å². The molecule has 0 aliphatic rings. The summed E-state index contributed by atoms with van der Waals surface area (Å²) in [4.78, 5) is 13.0. The number of benzene rings is 3. The van der Waals surface area contributed by atoms with Crippen LogP contribution in [-0.4, -0.2) is 33.6 Å². The maximum absolute atomic E-state index is 13.7. The molecule has 0 aliphatic heterocycles. The molecule has 0 heterocycles. The number of primary sulfonamides is 1. The van der Waals surface area contributed by atoms with Gasteiger partial charge in [0.05, 0.1) is 16.3 Å². The van der Waals surface area contributed by atoms with Gasteiger partial charge in [0, 0.05) is 18.1 Å². The Morgan fingerprint density at radius 3 is 1.94 bits per heavy atom. The van der Waals surface area contributed by atoms with Crippen LogP contribution in [0.3, 0.4) is 0 Å². The maximum atomic E-state index is 13.7. The van der Waals surface area contributed by atoms with Crippen molar-refractivity contribution in [2.24, 2.45) is 5.14 Å². The van der Waals surface area contributed by atoms with E-state index in [-0.39, 0.29) is 22.9 Å². The van der Waals surface area contributed by atoms with Gasteiger partial charge in [-0.1, -0.05) is 53.6 Å². The first kappa shape index (κ1) is 27.8. The zero-order valence-electron chi connectivity index (χ0n) is 20.2. The first-order valence-corrected chi connectivity index (χ1v) is 14.3. The number of hydrogen-bond donors (Lipinski definition) is 2. The molecule has 8 nitrogen and oxygen atoms in total. The zero-order valence-corrected chi connectivity index (χ0v) is 22.5. The Kier molecular flexibility index (Phi) is 8.58. The lowest BCUT2D eigenvalue weighted by molar-refractivity contribution is -0.121. The van der Waals surface area contributed by atoms with Gasteiger partial charge in [0.25, 0.3) is 0 Å². The molecule has 1 amide bonds. The van der Waals surface area contributed by atoms with Crippen molar-refractivity contribution >= 4 is 37.6 Å². The molecule has 0 aromatic heterocycles. The summed E-state index contributed by atoms with van der Waals surface area (Å²) in [5, 5.41) is 8.32. The van der Waals surface area contributed by atoms with Crippen LogP contribution in [-0.2, 0) is 37.9 Å². The molecule has 0 bridgehead atoms. The Morgan fingerprint density at radius 1 is 0.889 bits per heavy atom. The molecule has 3 rings (SSSR count). The van der Waals surface area contributed by atoms with E-state index in [9.17, 15) is 21.6 Å². The molecule has 0 unspecified atom stereocenters. The molecule has 0 saturated heterocycles. The van der Waals surface area contributed by atoms with Gasteiger partial charge in [0.15, 0.2) is 0 Å². The minimum absolute atomic E-state index is 0.0251. The largest absolute Gasteiger partial charge is 0.351 e. The van der Waals surface area contributed by atoms with E-state index >= 15 is 0 Å². The van der Waals surface area contributed by atoms with Gasteiger partial charge in [-0.2, -0.15) is 4.31 Å². The molecule has 3 aromatic rings. The normalized spacial score (nSPS) is 12.1. The molecule has 3 N–H and O–H groups in total. The molecule has 0 saturated carbocycles. The van der Waals surface area contributed by atoms with Crippen molar-refractivity contribution in [1.82, 2.24) is 9.62 Å². The van der Waals surface area contributed by atoms with Gasteiger partial charge in [-0.05, 0) is 67.3 Å². The molecule has 0 atom stereocenters. The number of nitrogens with two attached hydrogens (primary N) is 1. The smallest absolute Gasteiger partial charge is 0.244 e. The van der Waals surface area contributed by atoms with Crippen molar-refractivity contribution in [2.75, 3.05) is 6.54 Å². The van der Waals surface area contributed by atoms with Gasteiger partial charge >= 0.3 is 0 Å². The second-order valence-corrected chi connectivity index (χ2v) is 12.5. The number of carbonyl (C=O) groups excluding carboxylic acids is 1. The molecule has 0 fully saturated rings. The van der Waals surface area contributed by atoms with Crippen LogP contribution in [0.4, 0.5) is 0 Å². The van der Waals surface area contributed by atoms with Crippen LogP contribution in [0.1, 0.15) is 27.8 Å². The summed E-state index contributed by atoms with van der Waals surface area (Å²) >= 11 is 5.97. The first-order valence-electron chi connectivity index (χ1n) is 11.0. The van der Waals surface area contributed by atoms with Crippen LogP contribution in [0.15, 0.2) is 70.5 Å². The number of amides is 1. The number of aryl methyl sites for hydroxylation is 3. The van der Waals surface area contributed by atoms with Gasteiger partial charge in [0.1, 0.15) is 0 Å². The Labute approximate surface area is 217 Å². The SMILES string of the molecule is Cc1cc(C)c(S(=O)(=O)N(CC(=O)NCc2ccc(S(N)(=O)=O)cc2)Cc2ccc(Cl)cc2)c(C)c1. The fourth-order valence-electron chi connectivity index (χ4n) is 3.94. The molecule has 0 aliphatic carbocycles. The molecular formula is C25H28ClN3O5S2. The van der Waals surface area contributed by atoms with Crippen molar-refractivity contribution in [1.29, 1.82) is 0 Å². The highest BCUT2D eigenvalue weighted by atomic mass is 35.5. The van der Waals surface area contributed by atoms with Crippen molar-refractivity contribution in [2.45, 2.75) is 43.7 Å². The van der Waals surface area contributed by atoms with Crippen molar-refractivity contribution < 1.29 is 21.6 Å². The Bertz CT molecular complexity index is 1450. The lowest BCUT2D eigenvalue weighted by Crippen LogP contribution is -2.40. The number of nitrogens with zero attached hydrogens (tertiary/aromatic N) is 1. The van der Waals surface area contributed by atoms with E-state index in [1.807, 2.05) is 6.92 Å². The lowest BCUT2D eigenvalue weighted by Gasteiger charge is -2.24. The number of rotatable bonds is 9. The Balaban J connectivity index is 1.84. The average molecular weight is 550 g/mol. The highest BCUT2D eigenvalue weighted by molar-refractivity contribution is 7.89. The van der Waals surface area contributed by atoms with Gasteiger partial charge in [-0.3, -0.25) is 4.79 Å². The standard InChI is InChI=1S/C25H28ClN3O5S2/c1-17-12-18(2)25(19(3)13-17)36(33,34)29(15-21-4-8-22(26)9-5-21)16-24(30)28-14-20-6-10-23(11-7-20)35(27,31)32/h4-13H,14-16H2,1-3H3,(H,28,30)(H2,27,31,32). The molecule has 0 radical (unpaired) electrons. The quantitative estimate of drug-likeness (QED) is 0.423. The van der Waals surface area contributed by atoms with Crippen LogP contribution in [0.25, 0.3) is 0 Å². The molecule has 0 spiro atoms. The summed E-state index contributed by atoms with van der Waals surface area (Å²) in [6.07, 6.45) is 0. The molecular weight excluding hydrogens is 522 g/mol. The third-order valence-electron chi connectivity index (χ3n) is 5.54. The van der Waals surface area contributed by atoms with Gasteiger partial charge < -0.3 is 5.32 Å². The van der Waals surface area contributed by atoms with E-state index in [2.05, 4.69) is 5.32 Å².